The molecular formula is C40H66NO11P. The zero-order chi connectivity index (χ0) is 39.4. The molecule has 2 unspecified atom stereocenters. The number of aliphatic hydroxyl groups excluding tert-OH is 1. The minimum absolute atomic E-state index is 0.0455. The predicted octanol–water partition coefficient (Wildman–Crippen LogP) is 8.36. The van der Waals surface area contributed by atoms with Crippen LogP contribution in [0.25, 0.3) is 0 Å². The van der Waals surface area contributed by atoms with Crippen molar-refractivity contribution in [2.45, 2.75) is 141 Å². The number of allylic oxidation sites excluding steroid dienone is 10. The van der Waals surface area contributed by atoms with Gasteiger partial charge in [-0.1, -0.05) is 119 Å². The Morgan fingerprint density at radius 3 is 2.04 bits per heavy atom. The van der Waals surface area contributed by atoms with E-state index < -0.39 is 63.8 Å². The van der Waals surface area contributed by atoms with E-state index in [0.717, 1.165) is 51.4 Å². The van der Waals surface area contributed by atoms with E-state index >= 15 is 0 Å². The van der Waals surface area contributed by atoms with Gasteiger partial charge in [0.1, 0.15) is 12.6 Å². The fraction of sp³-hybridized carbons (Fsp3) is 0.625. The van der Waals surface area contributed by atoms with Crippen LogP contribution in [0.4, 0.5) is 0 Å². The summed E-state index contributed by atoms with van der Waals surface area (Å²) in [5.74, 6) is -2.53. The molecule has 0 amide bonds. The molecule has 53 heavy (non-hydrogen) atoms. The Bertz CT molecular complexity index is 1200. The molecule has 5 N–H and O–H groups in total. The Hall–Kier alpha value is -3.12. The van der Waals surface area contributed by atoms with Gasteiger partial charge < -0.3 is 30.3 Å². The first kappa shape index (κ1) is 49.9. The molecule has 0 aromatic carbocycles. The van der Waals surface area contributed by atoms with Crippen molar-refractivity contribution in [1.82, 2.24) is 0 Å². The van der Waals surface area contributed by atoms with Crippen LogP contribution in [-0.2, 0) is 37.5 Å². The van der Waals surface area contributed by atoms with Gasteiger partial charge in [0.25, 0.3) is 0 Å². The largest absolute Gasteiger partial charge is 0.480 e. The van der Waals surface area contributed by atoms with Crippen molar-refractivity contribution in [3.05, 3.63) is 72.9 Å². The smallest absolute Gasteiger partial charge is 0.472 e. The molecule has 0 heterocycles. The second-order valence-electron chi connectivity index (χ2n) is 12.5. The summed E-state index contributed by atoms with van der Waals surface area (Å²) < 4.78 is 32.4. The second kappa shape index (κ2) is 34.6. The number of unbranched alkanes of at least 4 members (excludes halogenated alkanes) is 8. The van der Waals surface area contributed by atoms with Gasteiger partial charge in [-0.25, -0.2) is 4.57 Å². The van der Waals surface area contributed by atoms with E-state index in [-0.39, 0.29) is 12.8 Å². The number of aliphatic hydroxyl groups is 1. The first-order valence-corrected chi connectivity index (χ1v) is 20.6. The van der Waals surface area contributed by atoms with Gasteiger partial charge in [-0.05, 0) is 64.2 Å². The van der Waals surface area contributed by atoms with Crippen molar-refractivity contribution in [2.75, 3.05) is 19.8 Å². The van der Waals surface area contributed by atoms with E-state index in [1.54, 1.807) is 12.2 Å². The van der Waals surface area contributed by atoms with Crippen LogP contribution < -0.4 is 5.73 Å². The first-order valence-electron chi connectivity index (χ1n) is 19.1. The summed E-state index contributed by atoms with van der Waals surface area (Å²) in [4.78, 5) is 45.7. The van der Waals surface area contributed by atoms with Gasteiger partial charge in [-0.15, -0.1) is 0 Å². The molecule has 13 heteroatoms. The van der Waals surface area contributed by atoms with Crippen molar-refractivity contribution in [2.24, 2.45) is 5.73 Å². The number of rotatable bonds is 34. The SMILES string of the molecule is CC/C=C\C/C=C\CC(O)/C=C/C=C\C/C=C\CCCC(=O)O[C@H](COC(=O)CCCCCCC/C=C\CCCC)COP(=O)(O)OC[C@H](N)C(=O)O. The lowest BCUT2D eigenvalue weighted by Crippen LogP contribution is -2.34. The third-order valence-electron chi connectivity index (χ3n) is 7.52. The Kier molecular flexibility index (Phi) is 32.6. The van der Waals surface area contributed by atoms with E-state index in [2.05, 4.69) is 42.7 Å². The van der Waals surface area contributed by atoms with Crippen LogP contribution in [0.3, 0.4) is 0 Å². The molecule has 0 radical (unpaired) electrons. The number of carboxylic acids is 1. The standard InChI is InChI=1S/C40H66NO11P/c1-3-5-7-9-11-12-13-14-18-22-26-30-38(43)49-32-36(33-50-53(47,48)51-34-37(41)40(45)46)52-39(44)31-27-23-19-16-15-17-21-25-29-35(42)28-24-20-10-8-6-4-2/h6,8-9,11,16-17,19-21,24-25,29,35-37,42H,3-5,7,10,12-15,18,22-23,26-28,30-34,41H2,1-2H3,(H,45,46)(H,47,48)/b8-6-,11-9-,19-16-,21-17-,24-20-,29-25+/t35?,36-,37+/m1/s1. The molecule has 0 aromatic rings. The number of carbonyl (C=O) groups is 3. The van der Waals surface area contributed by atoms with E-state index in [4.69, 9.17) is 24.8 Å². The van der Waals surface area contributed by atoms with Crippen LogP contribution in [-0.4, -0.2) is 71.1 Å². The van der Waals surface area contributed by atoms with Crippen molar-refractivity contribution in [3.63, 3.8) is 0 Å². The molecule has 4 atom stereocenters. The maximum Gasteiger partial charge on any atom is 0.472 e. The van der Waals surface area contributed by atoms with Gasteiger partial charge in [-0.3, -0.25) is 23.4 Å². The number of nitrogens with two attached hydrogens (primary N) is 1. The Morgan fingerprint density at radius 1 is 0.698 bits per heavy atom. The Labute approximate surface area is 317 Å². The zero-order valence-corrected chi connectivity index (χ0v) is 32.8. The van der Waals surface area contributed by atoms with E-state index in [1.165, 1.54) is 12.8 Å². The topological polar surface area (TPSA) is 192 Å². The van der Waals surface area contributed by atoms with Gasteiger partial charge in [0.15, 0.2) is 6.10 Å². The monoisotopic (exact) mass is 767 g/mol. The summed E-state index contributed by atoms with van der Waals surface area (Å²) in [5, 5.41) is 18.8. The summed E-state index contributed by atoms with van der Waals surface area (Å²) in [6, 6.07) is -1.54. The zero-order valence-electron chi connectivity index (χ0n) is 31.9. The maximum absolute atomic E-state index is 12.5. The van der Waals surface area contributed by atoms with Crippen LogP contribution in [0.5, 0.6) is 0 Å². The number of esters is 2. The molecule has 0 bridgehead atoms. The van der Waals surface area contributed by atoms with Crippen LogP contribution in [0.15, 0.2) is 72.9 Å². The molecule has 0 aliphatic carbocycles. The van der Waals surface area contributed by atoms with Crippen LogP contribution in [0, 0.1) is 0 Å². The van der Waals surface area contributed by atoms with Crippen molar-refractivity contribution >= 4 is 25.7 Å². The molecular weight excluding hydrogens is 701 g/mol. The van der Waals surface area contributed by atoms with Crippen molar-refractivity contribution in [3.8, 4) is 0 Å². The average molecular weight is 768 g/mol. The molecule has 0 spiro atoms. The highest BCUT2D eigenvalue weighted by molar-refractivity contribution is 7.47. The van der Waals surface area contributed by atoms with Crippen LogP contribution in [0.2, 0.25) is 0 Å². The number of aliphatic carboxylic acids is 1. The molecule has 0 rings (SSSR count). The quantitative estimate of drug-likeness (QED) is 0.0161. The van der Waals surface area contributed by atoms with E-state index in [0.29, 0.717) is 32.1 Å². The highest BCUT2D eigenvalue weighted by atomic mass is 31.2. The molecule has 0 aliphatic rings. The Balaban J connectivity index is 4.64. The summed E-state index contributed by atoms with van der Waals surface area (Å²) >= 11 is 0. The van der Waals surface area contributed by atoms with E-state index in [1.807, 2.05) is 36.5 Å². The maximum atomic E-state index is 12.5. The predicted molar refractivity (Wildman–Crippen MR) is 209 cm³/mol. The van der Waals surface area contributed by atoms with Gasteiger partial charge in [0.05, 0.1) is 19.3 Å². The molecule has 302 valence electrons. The molecule has 0 saturated carbocycles. The normalized spacial score (nSPS) is 15.3. The molecule has 0 saturated heterocycles. The van der Waals surface area contributed by atoms with Crippen molar-refractivity contribution < 1.29 is 52.6 Å². The van der Waals surface area contributed by atoms with Crippen molar-refractivity contribution in [1.29, 1.82) is 0 Å². The van der Waals surface area contributed by atoms with Gasteiger partial charge in [-0.2, -0.15) is 0 Å². The average Bonchev–Trinajstić information content (AvgIpc) is 3.12. The minimum Gasteiger partial charge on any atom is -0.480 e. The van der Waals surface area contributed by atoms with Crippen LogP contribution >= 0.6 is 7.82 Å². The van der Waals surface area contributed by atoms with Gasteiger partial charge in [0.2, 0.25) is 0 Å². The number of hydrogen-bond acceptors (Lipinski definition) is 10. The minimum atomic E-state index is -4.75. The van der Waals surface area contributed by atoms with Crippen LogP contribution in [0.1, 0.15) is 123 Å². The molecule has 12 nitrogen and oxygen atoms in total. The summed E-state index contributed by atoms with van der Waals surface area (Å²) in [6.07, 6.45) is 35.9. The summed E-state index contributed by atoms with van der Waals surface area (Å²) in [5.41, 5.74) is 5.30. The summed E-state index contributed by atoms with van der Waals surface area (Å²) in [6.45, 7) is 2.46. The number of phosphoric acid groups is 1. The van der Waals surface area contributed by atoms with Gasteiger partial charge in [0, 0.05) is 12.8 Å². The summed E-state index contributed by atoms with van der Waals surface area (Å²) in [7, 11) is -4.75. The second-order valence-corrected chi connectivity index (χ2v) is 14.0. The highest BCUT2D eigenvalue weighted by Crippen LogP contribution is 2.43. The highest BCUT2D eigenvalue weighted by Gasteiger charge is 2.28. The number of carboxylic acid groups (broad SMARTS) is 1. The fourth-order valence-electron chi connectivity index (χ4n) is 4.46. The third-order valence-corrected chi connectivity index (χ3v) is 8.47. The third kappa shape index (κ3) is 34.4. The lowest BCUT2D eigenvalue weighted by molar-refractivity contribution is -0.161. The molecule has 0 fully saturated rings. The first-order chi connectivity index (χ1) is 25.5. The number of phosphoric ester groups is 1. The number of ether oxygens (including phenoxy) is 2. The molecule has 0 aromatic heterocycles. The van der Waals surface area contributed by atoms with Gasteiger partial charge >= 0.3 is 25.7 Å². The lowest BCUT2D eigenvalue weighted by Gasteiger charge is -2.20. The van der Waals surface area contributed by atoms with E-state index in [9.17, 15) is 28.9 Å². The number of hydrogen-bond donors (Lipinski definition) is 4. The fourth-order valence-corrected chi connectivity index (χ4v) is 5.24. The number of carbonyl (C=O) groups excluding carboxylic acids is 2. The Morgan fingerprint density at radius 2 is 1.30 bits per heavy atom. The molecule has 0 aliphatic heterocycles. The lowest BCUT2D eigenvalue weighted by atomic mass is 10.1.